The third kappa shape index (κ3) is 4.52. The molecule has 27 heavy (non-hydrogen) atoms. The molecular weight excluding hydrogens is 344 g/mol. The Kier molecular flexibility index (Phi) is 5.51. The van der Waals surface area contributed by atoms with E-state index >= 15 is 0 Å². The molecule has 3 rings (SSSR count). The predicted molar refractivity (Wildman–Crippen MR) is 104 cm³/mol. The lowest BCUT2D eigenvalue weighted by molar-refractivity contribution is 0.102. The van der Waals surface area contributed by atoms with Crippen LogP contribution in [0.5, 0.6) is 11.5 Å². The van der Waals surface area contributed by atoms with Crippen molar-refractivity contribution in [2.75, 3.05) is 24.9 Å². The maximum Gasteiger partial charge on any atom is 0.258 e. The van der Waals surface area contributed by atoms with E-state index in [0.29, 0.717) is 34.4 Å². The zero-order valence-electron chi connectivity index (χ0n) is 15.3. The largest absolute Gasteiger partial charge is 0.497 e. The molecule has 0 saturated heterocycles. The molecule has 7 heteroatoms. The van der Waals surface area contributed by atoms with E-state index in [2.05, 4.69) is 20.6 Å². The van der Waals surface area contributed by atoms with E-state index in [1.54, 1.807) is 32.4 Å². The number of anilines is 3. The van der Waals surface area contributed by atoms with E-state index in [1.807, 2.05) is 31.2 Å². The molecule has 138 valence electrons. The minimum Gasteiger partial charge on any atom is -0.497 e. The van der Waals surface area contributed by atoms with Gasteiger partial charge in [-0.25, -0.2) is 9.97 Å². The first-order valence-electron chi connectivity index (χ1n) is 8.28. The van der Waals surface area contributed by atoms with E-state index in [1.165, 1.54) is 12.4 Å². The number of methoxy groups -OCH3 is 2. The third-order valence-corrected chi connectivity index (χ3v) is 3.88. The Balaban J connectivity index is 1.72. The van der Waals surface area contributed by atoms with Gasteiger partial charge in [-0.15, -0.1) is 0 Å². The number of amides is 1. The number of hydrogen-bond donors (Lipinski definition) is 2. The minimum absolute atomic E-state index is 0.274. The van der Waals surface area contributed by atoms with Gasteiger partial charge in [0.15, 0.2) is 0 Å². The summed E-state index contributed by atoms with van der Waals surface area (Å²) in [6, 6.07) is 12.9. The van der Waals surface area contributed by atoms with Crippen molar-refractivity contribution in [1.82, 2.24) is 9.97 Å². The zero-order valence-corrected chi connectivity index (χ0v) is 15.3. The Morgan fingerprint density at radius 2 is 1.67 bits per heavy atom. The van der Waals surface area contributed by atoms with Crippen molar-refractivity contribution in [3.05, 3.63) is 66.0 Å². The quantitative estimate of drug-likeness (QED) is 0.692. The molecule has 0 radical (unpaired) electrons. The first-order valence-corrected chi connectivity index (χ1v) is 8.28. The molecule has 0 atom stereocenters. The van der Waals surface area contributed by atoms with Gasteiger partial charge < -0.3 is 20.1 Å². The second-order valence-corrected chi connectivity index (χ2v) is 5.81. The Morgan fingerprint density at radius 1 is 0.963 bits per heavy atom. The van der Waals surface area contributed by atoms with Crippen LogP contribution in [0.2, 0.25) is 0 Å². The van der Waals surface area contributed by atoms with Gasteiger partial charge in [-0.3, -0.25) is 4.79 Å². The summed E-state index contributed by atoms with van der Waals surface area (Å²) in [5.41, 5.74) is 2.86. The van der Waals surface area contributed by atoms with Crippen molar-refractivity contribution in [2.24, 2.45) is 0 Å². The van der Waals surface area contributed by atoms with Gasteiger partial charge in [0.25, 0.3) is 5.91 Å². The Labute approximate surface area is 157 Å². The lowest BCUT2D eigenvalue weighted by atomic mass is 10.2. The molecule has 0 bridgehead atoms. The highest BCUT2D eigenvalue weighted by atomic mass is 16.5. The van der Waals surface area contributed by atoms with Gasteiger partial charge >= 0.3 is 0 Å². The molecule has 0 saturated carbocycles. The van der Waals surface area contributed by atoms with E-state index in [0.717, 1.165) is 5.56 Å². The van der Waals surface area contributed by atoms with Crippen LogP contribution in [0.15, 0.2) is 54.9 Å². The fourth-order valence-corrected chi connectivity index (χ4v) is 2.38. The Bertz CT molecular complexity index is 925. The van der Waals surface area contributed by atoms with Crippen molar-refractivity contribution in [2.45, 2.75) is 6.92 Å². The van der Waals surface area contributed by atoms with Crippen LogP contribution in [0.1, 0.15) is 15.9 Å². The molecular formula is C20H20N4O3. The number of benzene rings is 2. The summed E-state index contributed by atoms with van der Waals surface area (Å²) in [5.74, 6) is 1.37. The van der Waals surface area contributed by atoms with E-state index < -0.39 is 0 Å². The summed E-state index contributed by atoms with van der Waals surface area (Å²) in [4.78, 5) is 20.7. The normalized spacial score (nSPS) is 10.2. The Hall–Kier alpha value is -3.61. The number of carbonyl (C=O) groups is 1. The number of hydrogen-bond acceptors (Lipinski definition) is 6. The first kappa shape index (κ1) is 18.2. The number of aromatic nitrogens is 2. The van der Waals surface area contributed by atoms with E-state index in [-0.39, 0.29) is 5.91 Å². The van der Waals surface area contributed by atoms with Gasteiger partial charge in [-0.05, 0) is 31.2 Å². The predicted octanol–water partition coefficient (Wildman–Crippen LogP) is 3.80. The molecule has 0 aliphatic rings. The van der Waals surface area contributed by atoms with Crippen LogP contribution >= 0.6 is 0 Å². The summed E-state index contributed by atoms with van der Waals surface area (Å²) in [6.45, 7) is 1.99. The van der Waals surface area contributed by atoms with Crippen LogP contribution < -0.4 is 20.1 Å². The zero-order chi connectivity index (χ0) is 19.2. The summed E-state index contributed by atoms with van der Waals surface area (Å²) < 4.78 is 10.5. The molecule has 1 aromatic heterocycles. The molecule has 7 nitrogen and oxygen atoms in total. The topological polar surface area (TPSA) is 85.4 Å². The van der Waals surface area contributed by atoms with E-state index in [9.17, 15) is 4.79 Å². The van der Waals surface area contributed by atoms with Crippen LogP contribution in [0.4, 0.5) is 17.3 Å². The van der Waals surface area contributed by atoms with Crippen LogP contribution in [-0.4, -0.2) is 30.1 Å². The van der Waals surface area contributed by atoms with Crippen LogP contribution in [-0.2, 0) is 0 Å². The molecule has 0 unspecified atom stereocenters. The first-order chi connectivity index (χ1) is 13.1. The summed E-state index contributed by atoms with van der Waals surface area (Å²) in [7, 11) is 3.16. The lowest BCUT2D eigenvalue weighted by Crippen LogP contribution is -2.13. The summed E-state index contributed by atoms with van der Waals surface area (Å²) in [6.07, 6.45) is 2.93. The van der Waals surface area contributed by atoms with Crippen molar-refractivity contribution in [3.63, 3.8) is 0 Å². The highest BCUT2D eigenvalue weighted by Gasteiger charge is 2.10. The second-order valence-electron chi connectivity index (χ2n) is 5.81. The summed E-state index contributed by atoms with van der Waals surface area (Å²) in [5, 5.41) is 5.87. The van der Waals surface area contributed by atoms with Gasteiger partial charge in [0.1, 0.15) is 11.5 Å². The maximum atomic E-state index is 12.3. The van der Waals surface area contributed by atoms with Crippen molar-refractivity contribution in [3.8, 4) is 11.5 Å². The number of ether oxygens (including phenoxy) is 2. The molecule has 3 aromatic rings. The number of nitrogens with one attached hydrogen (secondary N) is 2. The van der Waals surface area contributed by atoms with Crippen LogP contribution in [0, 0.1) is 6.92 Å². The molecule has 0 spiro atoms. The maximum absolute atomic E-state index is 12.3. The highest BCUT2D eigenvalue weighted by Crippen LogP contribution is 2.30. The highest BCUT2D eigenvalue weighted by molar-refractivity contribution is 6.03. The van der Waals surface area contributed by atoms with Crippen molar-refractivity contribution in [1.29, 1.82) is 0 Å². The number of aryl methyl sites for hydroxylation is 1. The Morgan fingerprint density at radius 3 is 2.30 bits per heavy atom. The van der Waals surface area contributed by atoms with Gasteiger partial charge in [0.05, 0.1) is 25.5 Å². The van der Waals surface area contributed by atoms with E-state index in [4.69, 9.17) is 9.47 Å². The molecule has 2 N–H and O–H groups in total. The molecule has 2 aromatic carbocycles. The molecule has 1 heterocycles. The number of nitrogens with zero attached hydrogens (tertiary/aromatic N) is 2. The van der Waals surface area contributed by atoms with Crippen LogP contribution in [0.25, 0.3) is 0 Å². The molecule has 1 amide bonds. The number of carbonyl (C=O) groups excluding carboxylic acids is 1. The van der Waals surface area contributed by atoms with Gasteiger partial charge in [0.2, 0.25) is 5.95 Å². The van der Waals surface area contributed by atoms with Gasteiger partial charge in [0, 0.05) is 24.1 Å². The minimum atomic E-state index is -0.274. The standard InChI is InChI=1S/C20H20N4O3/c1-13-4-6-15(7-5-13)23-19(25)14-11-21-20(22-12-14)24-17-10-16(26-2)8-9-18(17)27-3/h4-12H,1-3H3,(H,23,25)(H,21,22,24). The lowest BCUT2D eigenvalue weighted by Gasteiger charge is -2.11. The van der Waals surface area contributed by atoms with Gasteiger partial charge in [-0.1, -0.05) is 17.7 Å². The second kappa shape index (κ2) is 8.18. The average Bonchev–Trinajstić information content (AvgIpc) is 2.70. The fraction of sp³-hybridized carbons (Fsp3) is 0.150. The molecule has 0 fully saturated rings. The van der Waals surface area contributed by atoms with Crippen molar-refractivity contribution >= 4 is 23.2 Å². The molecule has 0 aliphatic carbocycles. The monoisotopic (exact) mass is 364 g/mol. The van der Waals surface area contributed by atoms with Crippen LogP contribution in [0.3, 0.4) is 0 Å². The fourth-order valence-electron chi connectivity index (χ4n) is 2.38. The van der Waals surface area contributed by atoms with Gasteiger partial charge in [-0.2, -0.15) is 0 Å². The SMILES string of the molecule is COc1ccc(OC)c(Nc2ncc(C(=O)Nc3ccc(C)cc3)cn2)c1. The third-order valence-electron chi connectivity index (χ3n) is 3.88. The number of rotatable bonds is 6. The molecule has 0 aliphatic heterocycles. The van der Waals surface area contributed by atoms with Crippen molar-refractivity contribution < 1.29 is 14.3 Å². The average molecular weight is 364 g/mol. The smallest absolute Gasteiger partial charge is 0.258 e. The summed E-state index contributed by atoms with van der Waals surface area (Å²) >= 11 is 0.